The van der Waals surface area contributed by atoms with Crippen LogP contribution in [-0.4, -0.2) is 10.7 Å². The van der Waals surface area contributed by atoms with Crippen molar-refractivity contribution in [3.8, 4) is 0 Å². The normalized spacial score (nSPS) is 11.8. The summed E-state index contributed by atoms with van der Waals surface area (Å²) in [6, 6.07) is 1.55. The van der Waals surface area contributed by atoms with Gasteiger partial charge in [-0.05, 0) is 25.5 Å². The van der Waals surface area contributed by atoms with Gasteiger partial charge < -0.3 is 4.57 Å². The van der Waals surface area contributed by atoms with Crippen molar-refractivity contribution in [2.75, 3.05) is 0 Å². The lowest BCUT2D eigenvalue weighted by Gasteiger charge is -2.08. The first-order valence-electron chi connectivity index (χ1n) is 4.22. The summed E-state index contributed by atoms with van der Waals surface area (Å²) in [5.41, 5.74) is 1.89. The number of nitrogens with zero attached hydrogens (tertiary/aromatic N) is 1. The third-order valence-electron chi connectivity index (χ3n) is 2.19. The Balaban J connectivity index is 3.09. The quantitative estimate of drug-likeness (QED) is 0.694. The molecule has 0 spiro atoms. The Morgan fingerprint density at radius 1 is 1.43 bits per heavy atom. The van der Waals surface area contributed by atoms with Gasteiger partial charge in [0.05, 0.1) is 6.42 Å². The monoisotopic (exact) mass is 203 g/mol. The van der Waals surface area contributed by atoms with Crippen molar-refractivity contribution in [3.63, 3.8) is 0 Å². The van der Waals surface area contributed by atoms with E-state index in [4.69, 9.17) is 0 Å². The molecule has 0 unspecified atom stereocenters. The van der Waals surface area contributed by atoms with E-state index in [9.17, 15) is 13.2 Å². The molecule has 78 valence electrons. The van der Waals surface area contributed by atoms with Crippen molar-refractivity contribution in [1.82, 2.24) is 4.57 Å². The van der Waals surface area contributed by atoms with Gasteiger partial charge in [0.1, 0.15) is 0 Å². The fourth-order valence-electron chi connectivity index (χ4n) is 1.43. The first kappa shape index (κ1) is 10.9. The number of halogens is 3. The highest BCUT2D eigenvalue weighted by Gasteiger charge is 2.29. The van der Waals surface area contributed by atoms with Crippen LogP contribution >= 0.6 is 0 Å². The van der Waals surface area contributed by atoms with Crippen molar-refractivity contribution in [2.45, 2.75) is 26.4 Å². The molecule has 1 aromatic rings. The predicted octanol–water partition coefficient (Wildman–Crippen LogP) is 3.31. The Bertz CT molecular complexity index is 347. The average Bonchev–Trinajstić information content (AvgIpc) is 2.24. The molecule has 0 bridgehead atoms. The summed E-state index contributed by atoms with van der Waals surface area (Å²) >= 11 is 0. The van der Waals surface area contributed by atoms with Crippen molar-refractivity contribution in [3.05, 3.63) is 29.6 Å². The summed E-state index contributed by atoms with van der Waals surface area (Å²) in [4.78, 5) is 0. The molecular weight excluding hydrogens is 191 g/mol. The number of aryl methyl sites for hydroxylation is 1. The third kappa shape index (κ3) is 2.19. The molecule has 14 heavy (non-hydrogen) atoms. The maximum atomic E-state index is 12.2. The molecule has 0 saturated heterocycles. The fourth-order valence-corrected chi connectivity index (χ4v) is 1.43. The predicted molar refractivity (Wildman–Crippen MR) is 50.1 cm³/mol. The molecule has 1 rings (SSSR count). The molecular formula is C10H12F3N. The first-order valence-corrected chi connectivity index (χ1v) is 4.22. The smallest absolute Gasteiger partial charge is 0.325 e. The SMILES string of the molecule is C=Cn1c(CC(F)(F)F)cc(C)c1C. The number of hydrogen-bond donors (Lipinski definition) is 0. The van der Waals surface area contributed by atoms with E-state index in [1.54, 1.807) is 19.9 Å². The number of rotatable bonds is 2. The second-order valence-corrected chi connectivity index (χ2v) is 3.25. The van der Waals surface area contributed by atoms with Gasteiger partial charge in [0.2, 0.25) is 0 Å². The highest BCUT2D eigenvalue weighted by Crippen LogP contribution is 2.24. The Morgan fingerprint density at radius 3 is 2.43 bits per heavy atom. The molecule has 0 saturated carbocycles. The standard InChI is InChI=1S/C10H12F3N/c1-4-14-8(3)7(2)5-9(14)6-10(11,12)13/h4-5H,1,6H2,2-3H3. The highest BCUT2D eigenvalue weighted by molar-refractivity contribution is 5.36. The van der Waals surface area contributed by atoms with Crippen LogP contribution in [0.1, 0.15) is 17.0 Å². The van der Waals surface area contributed by atoms with E-state index < -0.39 is 12.6 Å². The molecule has 0 aromatic carbocycles. The van der Waals surface area contributed by atoms with Crippen LogP contribution in [0, 0.1) is 13.8 Å². The van der Waals surface area contributed by atoms with Crippen LogP contribution in [0.3, 0.4) is 0 Å². The van der Waals surface area contributed by atoms with Gasteiger partial charge in [-0.1, -0.05) is 6.58 Å². The lowest BCUT2D eigenvalue weighted by atomic mass is 10.2. The molecule has 0 N–H and O–H groups in total. The molecule has 0 aliphatic rings. The molecule has 0 aliphatic carbocycles. The van der Waals surface area contributed by atoms with E-state index in [2.05, 4.69) is 6.58 Å². The zero-order valence-electron chi connectivity index (χ0n) is 8.15. The van der Waals surface area contributed by atoms with E-state index >= 15 is 0 Å². The number of aromatic nitrogens is 1. The Morgan fingerprint density at radius 2 is 2.00 bits per heavy atom. The second-order valence-electron chi connectivity index (χ2n) is 3.25. The van der Waals surface area contributed by atoms with E-state index in [-0.39, 0.29) is 5.69 Å². The summed E-state index contributed by atoms with van der Waals surface area (Å²) in [6.07, 6.45) is -3.67. The summed E-state index contributed by atoms with van der Waals surface area (Å²) < 4.78 is 37.9. The van der Waals surface area contributed by atoms with Crippen LogP contribution in [0.5, 0.6) is 0 Å². The molecule has 1 heterocycles. The van der Waals surface area contributed by atoms with Gasteiger partial charge >= 0.3 is 6.18 Å². The maximum absolute atomic E-state index is 12.2. The van der Waals surface area contributed by atoms with Crippen LogP contribution in [0.25, 0.3) is 6.20 Å². The lowest BCUT2D eigenvalue weighted by molar-refractivity contribution is -0.128. The van der Waals surface area contributed by atoms with Gasteiger partial charge in [0, 0.05) is 17.6 Å². The Kier molecular flexibility index (Phi) is 2.73. The maximum Gasteiger partial charge on any atom is 0.394 e. The minimum Gasteiger partial charge on any atom is -0.325 e. The molecule has 1 nitrogen and oxygen atoms in total. The minimum absolute atomic E-state index is 0.238. The van der Waals surface area contributed by atoms with Gasteiger partial charge in [-0.3, -0.25) is 0 Å². The zero-order chi connectivity index (χ0) is 10.9. The van der Waals surface area contributed by atoms with Gasteiger partial charge in [-0.15, -0.1) is 0 Å². The summed E-state index contributed by atoms with van der Waals surface area (Å²) in [5.74, 6) is 0. The van der Waals surface area contributed by atoms with Gasteiger partial charge in [-0.25, -0.2) is 0 Å². The van der Waals surface area contributed by atoms with Crippen molar-refractivity contribution in [2.24, 2.45) is 0 Å². The molecule has 0 amide bonds. The largest absolute Gasteiger partial charge is 0.394 e. The molecule has 4 heteroatoms. The van der Waals surface area contributed by atoms with Crippen molar-refractivity contribution >= 4 is 6.20 Å². The van der Waals surface area contributed by atoms with E-state index in [1.165, 1.54) is 10.8 Å². The molecule has 0 atom stereocenters. The van der Waals surface area contributed by atoms with Crippen LogP contribution in [0.15, 0.2) is 12.6 Å². The summed E-state index contributed by atoms with van der Waals surface area (Å²) in [5, 5.41) is 0. The number of alkyl halides is 3. The van der Waals surface area contributed by atoms with E-state index in [0.717, 1.165) is 11.3 Å². The topological polar surface area (TPSA) is 4.93 Å². The Labute approximate surface area is 80.8 Å². The van der Waals surface area contributed by atoms with E-state index in [1.807, 2.05) is 0 Å². The first-order chi connectivity index (χ1) is 6.35. The van der Waals surface area contributed by atoms with Crippen LogP contribution in [0.4, 0.5) is 13.2 Å². The van der Waals surface area contributed by atoms with E-state index in [0.29, 0.717) is 0 Å². The van der Waals surface area contributed by atoms with Gasteiger partial charge in [0.15, 0.2) is 0 Å². The van der Waals surface area contributed by atoms with Crippen LogP contribution in [0.2, 0.25) is 0 Å². The molecule has 0 radical (unpaired) electrons. The number of hydrogen-bond acceptors (Lipinski definition) is 0. The molecule has 0 fully saturated rings. The molecule has 1 aromatic heterocycles. The fraction of sp³-hybridized carbons (Fsp3) is 0.400. The minimum atomic E-state index is -4.17. The van der Waals surface area contributed by atoms with Gasteiger partial charge in [0.25, 0.3) is 0 Å². The van der Waals surface area contributed by atoms with Gasteiger partial charge in [-0.2, -0.15) is 13.2 Å². The van der Waals surface area contributed by atoms with Crippen molar-refractivity contribution in [1.29, 1.82) is 0 Å². The van der Waals surface area contributed by atoms with Crippen LogP contribution in [-0.2, 0) is 6.42 Å². The van der Waals surface area contributed by atoms with Crippen LogP contribution < -0.4 is 0 Å². The summed E-state index contributed by atoms with van der Waals surface area (Å²) in [6.45, 7) is 7.05. The summed E-state index contributed by atoms with van der Waals surface area (Å²) in [7, 11) is 0. The van der Waals surface area contributed by atoms with Crippen molar-refractivity contribution < 1.29 is 13.2 Å². The highest BCUT2D eigenvalue weighted by atomic mass is 19.4. The average molecular weight is 203 g/mol. The zero-order valence-corrected chi connectivity index (χ0v) is 8.15. The Hall–Kier alpha value is -1.19. The molecule has 0 aliphatic heterocycles. The lowest BCUT2D eigenvalue weighted by Crippen LogP contribution is -2.13. The third-order valence-corrected chi connectivity index (χ3v) is 2.19. The second kappa shape index (κ2) is 3.52.